The van der Waals surface area contributed by atoms with Gasteiger partial charge in [-0.2, -0.15) is 0 Å². The molecule has 3 aliphatic heterocycles. The third-order valence-corrected chi connectivity index (χ3v) is 14.0. The number of amides is 4. The molecule has 17 heteroatoms. The number of imidazole rings is 2. The largest absolute Gasteiger partial charge is 0.465 e. The normalized spacial score (nSPS) is 20.9. The summed E-state index contributed by atoms with van der Waals surface area (Å²) in [5.74, 6) is -1.15. The average molecular weight is 924 g/mol. The van der Waals surface area contributed by atoms with Gasteiger partial charge >= 0.3 is 12.2 Å². The van der Waals surface area contributed by atoms with Gasteiger partial charge in [-0.1, -0.05) is 66.7 Å². The average Bonchev–Trinajstić information content (AvgIpc) is 4.13. The van der Waals surface area contributed by atoms with Gasteiger partial charge in [0.2, 0.25) is 11.8 Å². The van der Waals surface area contributed by atoms with Gasteiger partial charge in [-0.15, -0.1) is 0 Å². The molecule has 0 bridgehead atoms. The molecule has 15 nitrogen and oxygen atoms in total. The monoisotopic (exact) mass is 923 g/mol. The van der Waals surface area contributed by atoms with Gasteiger partial charge in [0.1, 0.15) is 34.8 Å². The third kappa shape index (κ3) is 8.88. The van der Waals surface area contributed by atoms with E-state index in [0.717, 1.165) is 21.7 Å². The number of alkyl carbamates (subject to hydrolysis) is 1. The number of H-pyrrole nitrogens is 2. The number of carbonyl (C=O) groups is 4. The van der Waals surface area contributed by atoms with Gasteiger partial charge in [0.15, 0.2) is 11.6 Å². The van der Waals surface area contributed by atoms with Gasteiger partial charge in [-0.25, -0.2) is 28.3 Å². The van der Waals surface area contributed by atoms with Crippen LogP contribution >= 0.6 is 0 Å². The number of nitrogens with zero attached hydrogens (tertiary/aromatic N) is 6. The number of carbonyl (C=O) groups excluding carboxylic acids is 3. The fourth-order valence-corrected chi connectivity index (χ4v) is 10.8. The molecule has 4 N–H and O–H groups in total. The highest BCUT2D eigenvalue weighted by Gasteiger charge is 2.42. The highest BCUT2D eigenvalue weighted by atomic mass is 19.1. The Morgan fingerprint density at radius 1 is 0.776 bits per heavy atom. The van der Waals surface area contributed by atoms with Gasteiger partial charge in [0.25, 0.3) is 0 Å². The number of likely N-dealkylation sites (tertiary alicyclic amines) is 2. The van der Waals surface area contributed by atoms with E-state index in [9.17, 15) is 24.3 Å². The second-order valence-corrected chi connectivity index (χ2v) is 20.1. The Balaban J connectivity index is 1.14. The van der Waals surface area contributed by atoms with Gasteiger partial charge in [-0.05, 0) is 103 Å². The molecule has 5 aromatic rings. The summed E-state index contributed by atoms with van der Waals surface area (Å²) in [5.41, 5.74) is 4.49. The molecule has 0 saturated carbocycles. The predicted molar refractivity (Wildman–Crippen MR) is 250 cm³/mol. The van der Waals surface area contributed by atoms with Crippen molar-refractivity contribution in [3.05, 3.63) is 88.5 Å². The van der Waals surface area contributed by atoms with Crippen LogP contribution in [0.1, 0.15) is 139 Å². The lowest BCUT2D eigenvalue weighted by Crippen LogP contribution is -2.51. The van der Waals surface area contributed by atoms with Crippen LogP contribution in [0.4, 0.5) is 24.1 Å². The zero-order chi connectivity index (χ0) is 48.2. The summed E-state index contributed by atoms with van der Waals surface area (Å²) in [6, 6.07) is 11.8. The summed E-state index contributed by atoms with van der Waals surface area (Å²) < 4.78 is 37.9. The molecule has 3 aliphatic rings. The van der Waals surface area contributed by atoms with Crippen molar-refractivity contribution in [2.75, 3.05) is 32.1 Å². The summed E-state index contributed by atoms with van der Waals surface area (Å²) in [7, 11) is 2.66. The molecule has 0 radical (unpaired) electrons. The van der Waals surface area contributed by atoms with Crippen LogP contribution in [0, 0.1) is 23.5 Å². The fourth-order valence-electron chi connectivity index (χ4n) is 10.8. The van der Waals surface area contributed by atoms with Crippen molar-refractivity contribution >= 4 is 51.8 Å². The summed E-state index contributed by atoms with van der Waals surface area (Å²) in [4.78, 5) is 74.9. The number of aromatic nitrogens is 4. The maximum Gasteiger partial charge on any atom is 0.407 e. The first-order valence-electron chi connectivity index (χ1n) is 23.5. The first-order valence-corrected chi connectivity index (χ1v) is 23.5. The number of nitrogens with one attached hydrogen (secondary N) is 3. The number of para-hydroxylation sites is 1. The number of rotatable bonds is 11. The van der Waals surface area contributed by atoms with E-state index in [1.807, 2.05) is 52.0 Å². The molecule has 2 aromatic heterocycles. The molecule has 3 aromatic carbocycles. The number of hydrogen-bond donors (Lipinski definition) is 4. The van der Waals surface area contributed by atoms with Crippen LogP contribution in [0.5, 0.6) is 0 Å². The Morgan fingerprint density at radius 2 is 1.28 bits per heavy atom. The molecule has 3 saturated heterocycles. The van der Waals surface area contributed by atoms with E-state index in [1.165, 1.54) is 26.3 Å². The molecule has 5 heterocycles. The number of halogens is 2. The SMILES string of the molecule is COC(=O)N[C@H](C(=O)N1CCC[C@H]1c1nc2c(F)cc(C3CCC(c4cc(F)c5nc([C@@H]6CCCN6C(=O)[C@H](C(C)C)N(C)C(=O)O)[nH]c5c4)N3c3ccccc3C(C)(C)C)cc2[nH]1)C(C)C. The Kier molecular flexibility index (Phi) is 13.0. The minimum Gasteiger partial charge on any atom is -0.465 e. The van der Waals surface area contributed by atoms with Crippen molar-refractivity contribution in [1.82, 2.24) is 40.0 Å². The first-order chi connectivity index (χ1) is 31.8. The minimum absolute atomic E-state index is 0.154. The second kappa shape index (κ2) is 18.4. The van der Waals surface area contributed by atoms with E-state index in [-0.39, 0.29) is 52.2 Å². The standard InChI is InChI=1S/C50H63F2N9O6/c1-26(2)40(57-48(64)67-9)46(62)59-20-12-16-38(59)44-53-33-24-28(22-31(51)41(33)55-44)35-18-19-36(61(35)37-15-11-10-14-30(37)50(5,6)7)29-23-32(52)42-34(25-29)54-45(56-42)39-17-13-21-60(39)47(63)43(27(3)4)58(8)49(65)66/h10-11,14-15,22-27,35-36,38-40,43H,12-13,16-21H2,1-9H3,(H,53,55)(H,54,56)(H,57,64)(H,65,66)/t35?,36?,38-,39-,40-,43-/m0/s1. The second-order valence-electron chi connectivity index (χ2n) is 20.1. The number of fused-ring (bicyclic) bond motifs is 2. The predicted octanol–water partition coefficient (Wildman–Crippen LogP) is 9.44. The number of carboxylic acid groups (broad SMARTS) is 1. The Bertz CT molecular complexity index is 2690. The van der Waals surface area contributed by atoms with Crippen molar-refractivity contribution in [3.8, 4) is 0 Å². The maximum absolute atomic E-state index is 16.5. The Labute approximate surface area is 389 Å². The maximum atomic E-state index is 16.5. The number of methoxy groups -OCH3 is 1. The van der Waals surface area contributed by atoms with Crippen molar-refractivity contribution in [3.63, 3.8) is 0 Å². The minimum atomic E-state index is -1.19. The van der Waals surface area contributed by atoms with Crippen LogP contribution in [0.25, 0.3) is 22.1 Å². The number of anilines is 1. The number of hydrogen-bond acceptors (Lipinski definition) is 8. The summed E-state index contributed by atoms with van der Waals surface area (Å²) in [5, 5.41) is 12.4. The van der Waals surface area contributed by atoms with Gasteiger partial charge in [0, 0.05) is 25.8 Å². The quantitative estimate of drug-likeness (QED) is 0.100. The van der Waals surface area contributed by atoms with E-state index in [0.29, 0.717) is 79.9 Å². The highest BCUT2D eigenvalue weighted by Crippen LogP contribution is 2.50. The summed E-state index contributed by atoms with van der Waals surface area (Å²) in [6.07, 6.45) is 1.97. The van der Waals surface area contributed by atoms with Crippen LogP contribution < -0.4 is 10.2 Å². The van der Waals surface area contributed by atoms with Crippen molar-refractivity contribution < 1.29 is 37.8 Å². The van der Waals surface area contributed by atoms with Gasteiger partial charge in [-0.3, -0.25) is 14.5 Å². The molecule has 358 valence electrons. The number of likely N-dealkylation sites (N-methyl/N-ethyl adjacent to an activating group) is 1. The lowest BCUT2D eigenvalue weighted by molar-refractivity contribution is -0.138. The van der Waals surface area contributed by atoms with Crippen molar-refractivity contribution in [1.29, 1.82) is 0 Å². The molecule has 67 heavy (non-hydrogen) atoms. The Hall–Kier alpha value is -6.26. The number of benzene rings is 3. The molecule has 0 spiro atoms. The molecule has 0 aliphatic carbocycles. The number of aromatic amines is 2. The van der Waals surface area contributed by atoms with Gasteiger partial charge in [0.05, 0.1) is 42.3 Å². The van der Waals surface area contributed by atoms with Crippen LogP contribution in [0.2, 0.25) is 0 Å². The molecular formula is C50H63F2N9O6. The number of ether oxygens (including phenoxy) is 1. The highest BCUT2D eigenvalue weighted by molar-refractivity contribution is 5.87. The van der Waals surface area contributed by atoms with Crippen LogP contribution in [-0.4, -0.2) is 103 Å². The van der Waals surface area contributed by atoms with Crippen molar-refractivity contribution in [2.45, 2.75) is 129 Å². The molecule has 6 atom stereocenters. The Morgan fingerprint density at radius 3 is 1.75 bits per heavy atom. The summed E-state index contributed by atoms with van der Waals surface area (Å²) >= 11 is 0. The first kappa shape index (κ1) is 47.2. The van der Waals surface area contributed by atoms with Crippen LogP contribution in [-0.2, 0) is 19.7 Å². The zero-order valence-corrected chi connectivity index (χ0v) is 39.8. The lowest BCUT2D eigenvalue weighted by Gasteiger charge is -2.37. The molecular weight excluding hydrogens is 861 g/mol. The zero-order valence-electron chi connectivity index (χ0n) is 39.8. The van der Waals surface area contributed by atoms with E-state index < -0.39 is 48.0 Å². The fraction of sp³-hybridized carbons (Fsp3) is 0.520. The van der Waals surface area contributed by atoms with E-state index in [4.69, 9.17) is 14.7 Å². The lowest BCUT2D eigenvalue weighted by atomic mass is 9.85. The van der Waals surface area contributed by atoms with E-state index >= 15 is 8.78 Å². The smallest absolute Gasteiger partial charge is 0.407 e. The molecule has 8 rings (SSSR count). The topological polar surface area (TPSA) is 180 Å². The molecule has 4 amide bonds. The van der Waals surface area contributed by atoms with Crippen LogP contribution in [0.15, 0.2) is 48.5 Å². The van der Waals surface area contributed by atoms with Gasteiger partial charge < -0.3 is 39.8 Å². The molecule has 3 fully saturated rings. The summed E-state index contributed by atoms with van der Waals surface area (Å²) in [6.45, 7) is 14.7. The third-order valence-electron chi connectivity index (χ3n) is 14.0. The van der Waals surface area contributed by atoms with E-state index in [1.54, 1.807) is 9.80 Å². The van der Waals surface area contributed by atoms with E-state index in [2.05, 4.69) is 53.1 Å². The van der Waals surface area contributed by atoms with Crippen molar-refractivity contribution in [2.24, 2.45) is 11.8 Å². The van der Waals surface area contributed by atoms with Crippen LogP contribution in [0.3, 0.4) is 0 Å². The molecule has 2 unspecified atom stereocenters.